The van der Waals surface area contributed by atoms with Gasteiger partial charge in [-0.25, -0.2) is 5.43 Å². The average Bonchev–Trinajstić information content (AvgIpc) is 2.84. The summed E-state index contributed by atoms with van der Waals surface area (Å²) in [4.78, 5) is 24.2. The number of hydrogen-bond acceptors (Lipinski definition) is 6. The van der Waals surface area contributed by atoms with Crippen molar-refractivity contribution < 1.29 is 23.8 Å². The molecule has 8 nitrogen and oxygen atoms in total. The molecule has 0 atom stereocenters. The smallest absolute Gasteiger partial charge is 0.249 e. The minimum Gasteiger partial charge on any atom is -0.495 e. The topological polar surface area (TPSA) is 98.2 Å². The summed E-state index contributed by atoms with van der Waals surface area (Å²) < 4.78 is 17.4. The third kappa shape index (κ3) is 7.20. The number of hydrazone groups is 1. The van der Waals surface area contributed by atoms with E-state index in [4.69, 9.17) is 14.2 Å². The molecule has 0 aliphatic rings. The summed E-state index contributed by atoms with van der Waals surface area (Å²) in [6.45, 7) is 0.410. The first kappa shape index (κ1) is 25.0. The van der Waals surface area contributed by atoms with Crippen molar-refractivity contribution in [3.8, 4) is 17.2 Å². The highest BCUT2D eigenvalue weighted by molar-refractivity contribution is 14.1. The van der Waals surface area contributed by atoms with Crippen LogP contribution in [0.15, 0.2) is 71.8 Å². The molecule has 3 rings (SSSR count). The first-order chi connectivity index (χ1) is 16.5. The minimum absolute atomic E-state index is 0.386. The van der Waals surface area contributed by atoms with Crippen molar-refractivity contribution in [3.63, 3.8) is 0 Å². The number of para-hydroxylation sites is 2. The second kappa shape index (κ2) is 12.6. The molecule has 0 heterocycles. The predicted molar refractivity (Wildman–Crippen MR) is 138 cm³/mol. The van der Waals surface area contributed by atoms with Crippen molar-refractivity contribution in [1.82, 2.24) is 5.43 Å². The van der Waals surface area contributed by atoms with E-state index in [-0.39, 0.29) is 6.42 Å². The highest BCUT2D eigenvalue weighted by Crippen LogP contribution is 2.34. The van der Waals surface area contributed by atoms with E-state index in [0.717, 1.165) is 9.13 Å². The quantitative estimate of drug-likeness (QED) is 0.163. The molecule has 3 aromatic carbocycles. The molecule has 0 aromatic heterocycles. The van der Waals surface area contributed by atoms with Gasteiger partial charge < -0.3 is 19.5 Å². The van der Waals surface area contributed by atoms with Gasteiger partial charge >= 0.3 is 0 Å². The summed E-state index contributed by atoms with van der Waals surface area (Å²) in [5, 5.41) is 6.59. The molecule has 0 saturated heterocycles. The first-order valence-corrected chi connectivity index (χ1v) is 11.4. The lowest BCUT2D eigenvalue weighted by atomic mass is 10.2. The third-order valence-corrected chi connectivity index (χ3v) is 5.38. The van der Waals surface area contributed by atoms with Crippen molar-refractivity contribution >= 4 is 46.3 Å². The van der Waals surface area contributed by atoms with Gasteiger partial charge in [-0.3, -0.25) is 9.59 Å². The van der Waals surface area contributed by atoms with Crippen molar-refractivity contribution in [2.75, 3.05) is 19.5 Å². The number of hydrogen-bond donors (Lipinski definition) is 2. The number of halogens is 1. The maximum Gasteiger partial charge on any atom is 0.249 e. The van der Waals surface area contributed by atoms with Gasteiger partial charge in [-0.2, -0.15) is 5.10 Å². The van der Waals surface area contributed by atoms with Crippen molar-refractivity contribution in [2.24, 2.45) is 5.10 Å². The molecule has 176 valence electrons. The molecule has 34 heavy (non-hydrogen) atoms. The summed E-state index contributed by atoms with van der Waals surface area (Å²) in [5.74, 6) is 0.656. The number of anilines is 1. The van der Waals surface area contributed by atoms with Crippen LogP contribution in [-0.4, -0.2) is 32.2 Å². The fraction of sp³-hybridized carbons (Fsp3) is 0.160. The van der Waals surface area contributed by atoms with E-state index in [1.807, 2.05) is 36.4 Å². The van der Waals surface area contributed by atoms with Crippen LogP contribution < -0.4 is 25.0 Å². The van der Waals surface area contributed by atoms with Crippen molar-refractivity contribution in [2.45, 2.75) is 13.0 Å². The Hall–Kier alpha value is -3.60. The summed E-state index contributed by atoms with van der Waals surface area (Å²) in [5.41, 5.74) is 4.59. The number of methoxy groups -OCH3 is 2. The number of nitrogens with one attached hydrogen (secondary N) is 2. The van der Waals surface area contributed by atoms with Gasteiger partial charge in [0.1, 0.15) is 18.8 Å². The first-order valence-electron chi connectivity index (χ1n) is 10.3. The van der Waals surface area contributed by atoms with Gasteiger partial charge in [0.05, 0.1) is 29.7 Å². The molecule has 0 radical (unpaired) electrons. The van der Waals surface area contributed by atoms with Crippen LogP contribution in [0.5, 0.6) is 17.2 Å². The van der Waals surface area contributed by atoms with E-state index < -0.39 is 11.8 Å². The number of ether oxygens (including phenoxy) is 3. The lowest BCUT2D eigenvalue weighted by molar-refractivity contribution is -0.126. The molecular formula is C25H24IN3O5. The number of benzene rings is 3. The highest BCUT2D eigenvalue weighted by Gasteiger charge is 2.13. The second-order valence-electron chi connectivity index (χ2n) is 7.03. The van der Waals surface area contributed by atoms with Crippen LogP contribution in [0.2, 0.25) is 0 Å². The van der Waals surface area contributed by atoms with E-state index in [1.54, 1.807) is 37.4 Å². The molecular weight excluding hydrogens is 549 g/mol. The van der Waals surface area contributed by atoms with Crippen LogP contribution >= 0.6 is 22.6 Å². The van der Waals surface area contributed by atoms with E-state index in [9.17, 15) is 9.59 Å². The van der Waals surface area contributed by atoms with Gasteiger partial charge in [0.15, 0.2) is 11.5 Å². The monoisotopic (exact) mass is 573 g/mol. The Balaban J connectivity index is 1.56. The van der Waals surface area contributed by atoms with Crippen LogP contribution in [0, 0.1) is 3.57 Å². The Morgan fingerprint density at radius 3 is 2.38 bits per heavy atom. The lowest BCUT2D eigenvalue weighted by Gasteiger charge is -2.13. The van der Waals surface area contributed by atoms with Gasteiger partial charge in [-0.1, -0.05) is 42.5 Å². The summed E-state index contributed by atoms with van der Waals surface area (Å²) >= 11 is 2.16. The number of amides is 2. The van der Waals surface area contributed by atoms with Gasteiger partial charge in [-0.15, -0.1) is 0 Å². The molecule has 2 amide bonds. The standard InChI is InChI=1S/C25H24IN3O5/c1-32-21-11-7-6-10-20(21)28-23(30)14-24(31)29-27-15-18-12-19(26)25(22(13-18)33-2)34-16-17-8-4-3-5-9-17/h3-13,15H,14,16H2,1-2H3,(H,28,30)(H,29,31). The zero-order valence-electron chi connectivity index (χ0n) is 18.7. The molecule has 0 bridgehead atoms. The molecule has 2 N–H and O–H groups in total. The summed E-state index contributed by atoms with van der Waals surface area (Å²) in [6, 6.07) is 20.4. The molecule has 0 saturated carbocycles. The lowest BCUT2D eigenvalue weighted by Crippen LogP contribution is -2.24. The molecule has 0 aliphatic heterocycles. The Bertz CT molecular complexity index is 1170. The molecule has 0 unspecified atom stereocenters. The minimum atomic E-state index is -0.548. The number of rotatable bonds is 10. The molecule has 0 fully saturated rings. The van der Waals surface area contributed by atoms with E-state index in [2.05, 4.69) is 38.4 Å². The van der Waals surface area contributed by atoms with Gasteiger partial charge in [0, 0.05) is 0 Å². The zero-order chi connectivity index (χ0) is 24.3. The zero-order valence-corrected chi connectivity index (χ0v) is 20.9. The van der Waals surface area contributed by atoms with Crippen molar-refractivity contribution in [3.05, 3.63) is 81.4 Å². The second-order valence-corrected chi connectivity index (χ2v) is 8.19. The number of carbonyl (C=O) groups excluding carboxylic acids is 2. The normalized spacial score (nSPS) is 10.6. The Morgan fingerprint density at radius 2 is 1.65 bits per heavy atom. The maximum absolute atomic E-state index is 12.1. The summed E-state index contributed by atoms with van der Waals surface area (Å²) in [6.07, 6.45) is 1.09. The van der Waals surface area contributed by atoms with Gasteiger partial charge in [0.25, 0.3) is 0 Å². The van der Waals surface area contributed by atoms with E-state index >= 15 is 0 Å². The van der Waals surface area contributed by atoms with Crippen LogP contribution in [-0.2, 0) is 16.2 Å². The largest absolute Gasteiger partial charge is 0.495 e. The van der Waals surface area contributed by atoms with Gasteiger partial charge in [-0.05, 0) is 58.0 Å². The van der Waals surface area contributed by atoms with Crippen LogP contribution in [0.3, 0.4) is 0 Å². The average molecular weight is 573 g/mol. The fourth-order valence-electron chi connectivity index (χ4n) is 2.99. The molecule has 0 aliphatic carbocycles. The van der Waals surface area contributed by atoms with Gasteiger partial charge in [0.2, 0.25) is 11.8 Å². The highest BCUT2D eigenvalue weighted by atomic mass is 127. The van der Waals surface area contributed by atoms with Crippen LogP contribution in [0.25, 0.3) is 0 Å². The Kier molecular flexibility index (Phi) is 9.27. The van der Waals surface area contributed by atoms with Crippen LogP contribution in [0.1, 0.15) is 17.5 Å². The third-order valence-electron chi connectivity index (χ3n) is 4.58. The fourth-order valence-corrected chi connectivity index (χ4v) is 3.77. The Labute approximate surface area is 211 Å². The predicted octanol–water partition coefficient (Wildman–Crippen LogP) is 4.37. The Morgan fingerprint density at radius 1 is 0.941 bits per heavy atom. The van der Waals surface area contributed by atoms with E-state index in [1.165, 1.54) is 13.3 Å². The molecule has 3 aromatic rings. The molecule has 9 heteroatoms. The van der Waals surface area contributed by atoms with E-state index in [0.29, 0.717) is 35.1 Å². The van der Waals surface area contributed by atoms with Crippen LogP contribution in [0.4, 0.5) is 5.69 Å². The SMILES string of the molecule is COc1ccccc1NC(=O)CC(=O)NN=Cc1cc(I)c(OCc2ccccc2)c(OC)c1. The molecule has 0 spiro atoms. The van der Waals surface area contributed by atoms with Crippen molar-refractivity contribution in [1.29, 1.82) is 0 Å². The number of carbonyl (C=O) groups is 2. The summed E-state index contributed by atoms with van der Waals surface area (Å²) in [7, 11) is 3.06. The maximum atomic E-state index is 12.1. The number of nitrogens with zero attached hydrogens (tertiary/aromatic N) is 1.